The fraction of sp³-hybridized carbons (Fsp3) is 0.300. The van der Waals surface area contributed by atoms with E-state index in [1.807, 2.05) is 6.92 Å². The smallest absolute Gasteiger partial charge is 0.154 e. The topological polar surface area (TPSA) is 17.1 Å². The zero-order valence-electron chi connectivity index (χ0n) is 7.42. The lowest BCUT2D eigenvalue weighted by Gasteiger charge is -2.03. The number of hydrogen-bond acceptors (Lipinski definition) is 2. The van der Waals surface area contributed by atoms with Crippen LogP contribution in [0.25, 0.3) is 0 Å². The number of aldehydes is 1. The molecule has 70 valence electrons. The molecule has 1 aromatic carbocycles. The third-order valence-electron chi connectivity index (χ3n) is 1.59. The summed E-state index contributed by atoms with van der Waals surface area (Å²) in [6, 6.07) is 4.70. The van der Waals surface area contributed by atoms with Gasteiger partial charge in [0.25, 0.3) is 0 Å². The zero-order valence-corrected chi connectivity index (χ0v) is 8.23. The maximum Gasteiger partial charge on any atom is 0.154 e. The average molecular weight is 198 g/mol. The number of hydrogen-bond donors (Lipinski definition) is 0. The van der Waals surface area contributed by atoms with E-state index in [-0.39, 0.29) is 5.56 Å². The van der Waals surface area contributed by atoms with Gasteiger partial charge < -0.3 is 0 Å². The highest BCUT2D eigenvalue weighted by Gasteiger charge is 2.06. The van der Waals surface area contributed by atoms with Crippen LogP contribution in [0.1, 0.15) is 23.7 Å². The molecule has 1 nitrogen and oxygen atoms in total. The summed E-state index contributed by atoms with van der Waals surface area (Å²) in [5.74, 6) is 0.473. The molecule has 0 unspecified atom stereocenters. The van der Waals surface area contributed by atoms with Crippen molar-refractivity contribution in [3.05, 3.63) is 29.6 Å². The second-order valence-electron chi connectivity index (χ2n) is 2.62. The van der Waals surface area contributed by atoms with Gasteiger partial charge in [-0.2, -0.15) is 0 Å². The van der Waals surface area contributed by atoms with Crippen LogP contribution in [-0.4, -0.2) is 12.0 Å². The Balaban J connectivity index is 2.91. The molecule has 3 heteroatoms. The van der Waals surface area contributed by atoms with E-state index in [1.165, 1.54) is 17.8 Å². The Morgan fingerprint density at radius 3 is 2.92 bits per heavy atom. The van der Waals surface area contributed by atoms with E-state index in [9.17, 15) is 9.18 Å². The van der Waals surface area contributed by atoms with Crippen LogP contribution >= 0.6 is 11.8 Å². The van der Waals surface area contributed by atoms with Gasteiger partial charge in [-0.25, -0.2) is 4.39 Å². The lowest BCUT2D eigenvalue weighted by molar-refractivity contribution is 0.111. The second-order valence-corrected chi connectivity index (χ2v) is 3.75. The molecular formula is C10H11FOS. The highest BCUT2D eigenvalue weighted by Crippen LogP contribution is 2.23. The summed E-state index contributed by atoms with van der Waals surface area (Å²) in [5, 5.41) is 0. The Bertz CT molecular complexity index is 299. The molecule has 0 amide bonds. The molecule has 0 bridgehead atoms. The van der Waals surface area contributed by atoms with Crippen LogP contribution in [0, 0.1) is 5.82 Å². The van der Waals surface area contributed by atoms with Crippen LogP contribution in [0.2, 0.25) is 0 Å². The Morgan fingerprint density at radius 1 is 1.54 bits per heavy atom. The number of thioether (sulfide) groups is 1. The summed E-state index contributed by atoms with van der Waals surface area (Å²) >= 11 is 1.51. The third-order valence-corrected chi connectivity index (χ3v) is 2.87. The number of benzene rings is 1. The molecule has 0 saturated carbocycles. The van der Waals surface area contributed by atoms with Crippen molar-refractivity contribution in [1.29, 1.82) is 0 Å². The van der Waals surface area contributed by atoms with Crippen LogP contribution in [0.15, 0.2) is 23.1 Å². The quantitative estimate of drug-likeness (QED) is 0.546. The van der Waals surface area contributed by atoms with Crippen molar-refractivity contribution < 1.29 is 9.18 Å². The van der Waals surface area contributed by atoms with Crippen molar-refractivity contribution in [2.45, 2.75) is 18.2 Å². The molecule has 13 heavy (non-hydrogen) atoms. The molecule has 0 fully saturated rings. The summed E-state index contributed by atoms with van der Waals surface area (Å²) in [5.41, 5.74) is 0.181. The van der Waals surface area contributed by atoms with Crippen molar-refractivity contribution >= 4 is 18.0 Å². The number of halogens is 1. The summed E-state index contributed by atoms with van der Waals surface area (Å²) < 4.78 is 13.0. The van der Waals surface area contributed by atoms with Gasteiger partial charge in [-0.3, -0.25) is 4.79 Å². The van der Waals surface area contributed by atoms with Gasteiger partial charge in [0.1, 0.15) is 5.82 Å². The molecule has 0 saturated heterocycles. The van der Waals surface area contributed by atoms with Gasteiger partial charge in [0.2, 0.25) is 0 Å². The highest BCUT2D eigenvalue weighted by molar-refractivity contribution is 7.99. The lowest BCUT2D eigenvalue weighted by atomic mass is 10.2. The predicted octanol–water partition coefficient (Wildman–Crippen LogP) is 3.14. The van der Waals surface area contributed by atoms with E-state index >= 15 is 0 Å². The molecule has 0 heterocycles. The highest BCUT2D eigenvalue weighted by atomic mass is 32.2. The van der Waals surface area contributed by atoms with Crippen molar-refractivity contribution in [1.82, 2.24) is 0 Å². The van der Waals surface area contributed by atoms with Gasteiger partial charge in [-0.15, -0.1) is 11.8 Å². The first kappa shape index (κ1) is 10.3. The molecule has 1 rings (SSSR count). The average Bonchev–Trinajstić information content (AvgIpc) is 2.15. The third kappa shape index (κ3) is 2.56. The van der Waals surface area contributed by atoms with Crippen LogP contribution in [0.3, 0.4) is 0 Å². The zero-order chi connectivity index (χ0) is 9.68. The number of carbonyl (C=O) groups excluding carboxylic acids is 1. The Hall–Kier alpha value is -0.830. The largest absolute Gasteiger partial charge is 0.298 e. The van der Waals surface area contributed by atoms with Gasteiger partial charge in [-0.1, -0.05) is 13.0 Å². The van der Waals surface area contributed by atoms with E-state index in [0.717, 1.165) is 17.1 Å². The minimum atomic E-state index is -0.434. The predicted molar refractivity (Wildman–Crippen MR) is 52.8 cm³/mol. The van der Waals surface area contributed by atoms with Crippen LogP contribution in [0.4, 0.5) is 4.39 Å². The van der Waals surface area contributed by atoms with Crippen LogP contribution in [-0.2, 0) is 0 Å². The van der Waals surface area contributed by atoms with E-state index < -0.39 is 5.82 Å². The van der Waals surface area contributed by atoms with Gasteiger partial charge >= 0.3 is 0 Å². The molecule has 0 aromatic heterocycles. The first-order valence-corrected chi connectivity index (χ1v) is 5.14. The molecule has 0 radical (unpaired) electrons. The minimum absolute atomic E-state index is 0.181. The Morgan fingerprint density at radius 2 is 2.31 bits per heavy atom. The normalized spacial score (nSPS) is 10.0. The summed E-state index contributed by atoms with van der Waals surface area (Å²) in [6.45, 7) is 2.05. The van der Waals surface area contributed by atoms with Crippen molar-refractivity contribution in [2.75, 3.05) is 5.75 Å². The molecule has 0 N–H and O–H groups in total. The molecule has 0 aliphatic heterocycles. The first-order valence-electron chi connectivity index (χ1n) is 4.16. The van der Waals surface area contributed by atoms with Gasteiger partial charge in [-0.05, 0) is 24.3 Å². The monoisotopic (exact) mass is 198 g/mol. The van der Waals surface area contributed by atoms with E-state index in [4.69, 9.17) is 0 Å². The summed E-state index contributed by atoms with van der Waals surface area (Å²) in [7, 11) is 0. The Labute approximate surface area is 81.3 Å². The van der Waals surface area contributed by atoms with Crippen molar-refractivity contribution in [3.8, 4) is 0 Å². The number of rotatable bonds is 4. The van der Waals surface area contributed by atoms with E-state index in [0.29, 0.717) is 6.29 Å². The molecule has 1 aromatic rings. The SMILES string of the molecule is CCCSc1cccc(F)c1C=O. The van der Waals surface area contributed by atoms with Gasteiger partial charge in [0.05, 0.1) is 5.56 Å². The summed E-state index contributed by atoms with van der Waals surface area (Å²) in [4.78, 5) is 11.3. The molecule has 0 aliphatic carbocycles. The van der Waals surface area contributed by atoms with Gasteiger partial charge in [0.15, 0.2) is 6.29 Å². The van der Waals surface area contributed by atoms with E-state index in [1.54, 1.807) is 12.1 Å². The standard InChI is InChI=1S/C10H11FOS/c1-2-6-13-10-5-3-4-9(11)8(10)7-12/h3-5,7H,2,6H2,1H3. The van der Waals surface area contributed by atoms with Gasteiger partial charge in [0, 0.05) is 4.90 Å². The summed E-state index contributed by atoms with van der Waals surface area (Å²) in [6.07, 6.45) is 1.59. The van der Waals surface area contributed by atoms with E-state index in [2.05, 4.69) is 0 Å². The fourth-order valence-electron chi connectivity index (χ4n) is 0.969. The minimum Gasteiger partial charge on any atom is -0.298 e. The number of carbonyl (C=O) groups is 1. The second kappa shape index (κ2) is 5.02. The molecule has 0 aliphatic rings. The molecular weight excluding hydrogens is 187 g/mol. The van der Waals surface area contributed by atoms with Crippen molar-refractivity contribution in [2.24, 2.45) is 0 Å². The van der Waals surface area contributed by atoms with Crippen molar-refractivity contribution in [3.63, 3.8) is 0 Å². The fourth-order valence-corrected chi connectivity index (χ4v) is 1.87. The van der Waals surface area contributed by atoms with Crippen LogP contribution < -0.4 is 0 Å². The maximum absolute atomic E-state index is 13.0. The first-order chi connectivity index (χ1) is 6.29. The van der Waals surface area contributed by atoms with Crippen LogP contribution in [0.5, 0.6) is 0 Å². The Kier molecular flexibility index (Phi) is 3.96. The lowest BCUT2D eigenvalue weighted by Crippen LogP contribution is -1.91. The molecule has 0 atom stereocenters. The maximum atomic E-state index is 13.0. The molecule has 0 spiro atoms.